The highest BCUT2D eigenvalue weighted by Crippen LogP contribution is 2.49. The Balaban J connectivity index is 1.62. The second-order valence-electron chi connectivity index (χ2n) is 8.36. The molecule has 2 heterocycles. The molecule has 2 N–H and O–H groups in total. The summed E-state index contributed by atoms with van der Waals surface area (Å²) in [6, 6.07) is 1.87. The number of pyridine rings is 1. The Morgan fingerprint density at radius 3 is 2.73 bits per heavy atom. The van der Waals surface area contributed by atoms with Gasteiger partial charge in [0, 0.05) is 25.7 Å². The number of hydrogen-bond acceptors (Lipinski definition) is 4. The molecule has 1 aliphatic heterocycles. The predicted molar refractivity (Wildman–Crippen MR) is 98.3 cm³/mol. The summed E-state index contributed by atoms with van der Waals surface area (Å²) in [5, 5.41) is 2.78. The number of rotatable bonds is 4. The highest BCUT2D eigenvalue weighted by Gasteiger charge is 2.46. The van der Waals surface area contributed by atoms with Crippen molar-refractivity contribution in [2.45, 2.75) is 58.5 Å². The molecule has 1 aliphatic carbocycles. The standard InChI is InChI=1S/C19H27N3O4/c1-18(2,3)26-17(25)21-12-19(7-8-19)11-14(23)22-10-4-5-13-6-9-20-16(24)15(13)22/h6,9H,4-5,7-8,10-12H2,1-3H3,(H,20,24)(H,21,25). The van der Waals surface area contributed by atoms with Crippen molar-refractivity contribution in [2.24, 2.45) is 5.41 Å². The normalized spacial score (nSPS) is 18.0. The second-order valence-corrected chi connectivity index (χ2v) is 8.36. The monoisotopic (exact) mass is 361 g/mol. The van der Waals surface area contributed by atoms with Crippen LogP contribution in [0.5, 0.6) is 0 Å². The van der Waals surface area contributed by atoms with E-state index in [1.807, 2.05) is 26.8 Å². The predicted octanol–water partition coefficient (Wildman–Crippen LogP) is 2.35. The van der Waals surface area contributed by atoms with Crippen LogP contribution in [0.1, 0.15) is 52.0 Å². The number of alkyl carbamates (subject to hydrolysis) is 1. The van der Waals surface area contributed by atoms with Crippen LogP contribution in [0.4, 0.5) is 10.5 Å². The summed E-state index contributed by atoms with van der Waals surface area (Å²) in [5.74, 6) is -0.0499. The van der Waals surface area contributed by atoms with E-state index in [1.54, 1.807) is 11.1 Å². The molecular formula is C19H27N3O4. The molecule has 142 valence electrons. The van der Waals surface area contributed by atoms with Crippen molar-refractivity contribution in [1.29, 1.82) is 0 Å². The number of fused-ring (bicyclic) bond motifs is 1. The van der Waals surface area contributed by atoms with Crippen molar-refractivity contribution < 1.29 is 14.3 Å². The van der Waals surface area contributed by atoms with Gasteiger partial charge in [0.2, 0.25) is 5.91 Å². The SMILES string of the molecule is CC(C)(C)OC(=O)NCC1(CC(=O)N2CCCc3cc[nH]c(=O)c32)CC1. The first kappa shape index (κ1) is 18.5. The van der Waals surface area contributed by atoms with E-state index in [1.165, 1.54) is 0 Å². The highest BCUT2D eigenvalue weighted by molar-refractivity contribution is 5.95. The molecule has 0 radical (unpaired) electrons. The van der Waals surface area contributed by atoms with E-state index in [0.717, 1.165) is 31.2 Å². The number of hydrogen-bond donors (Lipinski definition) is 2. The molecule has 1 fully saturated rings. The lowest BCUT2D eigenvalue weighted by Gasteiger charge is -2.30. The molecule has 1 aromatic rings. The van der Waals surface area contributed by atoms with E-state index in [9.17, 15) is 14.4 Å². The Kier molecular flexibility index (Phi) is 4.82. The summed E-state index contributed by atoms with van der Waals surface area (Å²) in [6.45, 7) is 6.42. The van der Waals surface area contributed by atoms with Crippen LogP contribution in [-0.4, -0.2) is 35.7 Å². The summed E-state index contributed by atoms with van der Waals surface area (Å²) in [7, 11) is 0. The molecule has 0 bridgehead atoms. The number of nitrogens with zero attached hydrogens (tertiary/aromatic N) is 1. The van der Waals surface area contributed by atoms with E-state index in [2.05, 4.69) is 10.3 Å². The molecule has 26 heavy (non-hydrogen) atoms. The van der Waals surface area contributed by atoms with Crippen LogP contribution >= 0.6 is 0 Å². The van der Waals surface area contributed by atoms with Gasteiger partial charge in [0.05, 0.1) is 0 Å². The lowest BCUT2D eigenvalue weighted by Crippen LogP contribution is -2.42. The van der Waals surface area contributed by atoms with Gasteiger partial charge in [-0.25, -0.2) is 4.79 Å². The molecule has 0 spiro atoms. The van der Waals surface area contributed by atoms with Crippen LogP contribution in [0.2, 0.25) is 0 Å². The van der Waals surface area contributed by atoms with E-state index in [-0.39, 0.29) is 16.9 Å². The number of aromatic nitrogens is 1. The Labute approximate surface area is 153 Å². The van der Waals surface area contributed by atoms with Crippen LogP contribution in [0.3, 0.4) is 0 Å². The number of carbonyl (C=O) groups is 2. The first-order valence-electron chi connectivity index (χ1n) is 9.17. The van der Waals surface area contributed by atoms with Gasteiger partial charge in [0.25, 0.3) is 5.56 Å². The molecule has 0 aromatic carbocycles. The third-order valence-corrected chi connectivity index (χ3v) is 4.91. The lowest BCUT2D eigenvalue weighted by molar-refractivity contribution is -0.119. The van der Waals surface area contributed by atoms with Gasteiger partial charge < -0.3 is 19.9 Å². The minimum Gasteiger partial charge on any atom is -0.444 e. The topological polar surface area (TPSA) is 91.5 Å². The second kappa shape index (κ2) is 6.78. The van der Waals surface area contributed by atoms with Crippen molar-refractivity contribution >= 4 is 17.7 Å². The fourth-order valence-electron chi connectivity index (χ4n) is 3.38. The molecule has 3 rings (SSSR count). The maximum Gasteiger partial charge on any atom is 0.407 e. The molecular weight excluding hydrogens is 334 g/mol. The largest absolute Gasteiger partial charge is 0.444 e. The third kappa shape index (κ3) is 4.26. The van der Waals surface area contributed by atoms with Crippen molar-refractivity contribution in [1.82, 2.24) is 10.3 Å². The maximum atomic E-state index is 12.9. The van der Waals surface area contributed by atoms with E-state index >= 15 is 0 Å². The van der Waals surface area contributed by atoms with Crippen LogP contribution in [0.25, 0.3) is 0 Å². The average Bonchev–Trinajstić information content (AvgIpc) is 3.31. The van der Waals surface area contributed by atoms with Gasteiger partial charge in [-0.05, 0) is 63.5 Å². The third-order valence-electron chi connectivity index (χ3n) is 4.91. The Morgan fingerprint density at radius 1 is 1.35 bits per heavy atom. The molecule has 2 aliphatic rings. The summed E-state index contributed by atoms with van der Waals surface area (Å²) in [6.07, 6.45) is 4.94. The quantitative estimate of drug-likeness (QED) is 0.861. The van der Waals surface area contributed by atoms with Gasteiger partial charge in [-0.3, -0.25) is 9.59 Å². The van der Waals surface area contributed by atoms with Crippen molar-refractivity contribution in [3.05, 3.63) is 28.2 Å². The number of H-pyrrole nitrogens is 1. The number of carbonyl (C=O) groups excluding carboxylic acids is 2. The van der Waals surface area contributed by atoms with Crippen LogP contribution in [0.15, 0.2) is 17.1 Å². The minimum atomic E-state index is -0.546. The molecule has 1 saturated carbocycles. The fraction of sp³-hybridized carbons (Fsp3) is 0.632. The molecule has 0 atom stereocenters. The first-order valence-corrected chi connectivity index (χ1v) is 9.17. The van der Waals surface area contributed by atoms with Gasteiger partial charge in [-0.15, -0.1) is 0 Å². The number of aromatic amines is 1. The van der Waals surface area contributed by atoms with E-state index < -0.39 is 11.7 Å². The van der Waals surface area contributed by atoms with Gasteiger partial charge in [-0.1, -0.05) is 0 Å². The molecule has 2 amide bonds. The number of anilines is 1. The van der Waals surface area contributed by atoms with E-state index in [0.29, 0.717) is 25.2 Å². The van der Waals surface area contributed by atoms with E-state index in [4.69, 9.17) is 4.74 Å². The van der Waals surface area contributed by atoms with Crippen LogP contribution < -0.4 is 15.8 Å². The zero-order valence-corrected chi connectivity index (χ0v) is 15.7. The number of aryl methyl sites for hydroxylation is 1. The number of ether oxygens (including phenoxy) is 1. The van der Waals surface area contributed by atoms with Crippen LogP contribution in [0, 0.1) is 5.41 Å². The highest BCUT2D eigenvalue weighted by atomic mass is 16.6. The smallest absolute Gasteiger partial charge is 0.407 e. The summed E-state index contributed by atoms with van der Waals surface area (Å²) >= 11 is 0. The average molecular weight is 361 g/mol. The van der Waals surface area contributed by atoms with Crippen molar-refractivity contribution in [2.75, 3.05) is 18.0 Å². The lowest BCUT2D eigenvalue weighted by atomic mass is 9.98. The molecule has 0 unspecified atom stereocenters. The zero-order valence-electron chi connectivity index (χ0n) is 15.7. The molecule has 0 saturated heterocycles. The maximum absolute atomic E-state index is 12.9. The van der Waals surface area contributed by atoms with Gasteiger partial charge in [-0.2, -0.15) is 0 Å². The Bertz CT molecular complexity index is 759. The Hall–Kier alpha value is -2.31. The molecule has 1 aromatic heterocycles. The minimum absolute atomic E-state index is 0.0499. The fourth-order valence-corrected chi connectivity index (χ4v) is 3.38. The first-order chi connectivity index (χ1) is 12.2. The molecule has 7 nitrogen and oxygen atoms in total. The van der Waals surface area contributed by atoms with Crippen molar-refractivity contribution in [3.8, 4) is 0 Å². The molecule has 7 heteroatoms. The Morgan fingerprint density at radius 2 is 2.08 bits per heavy atom. The van der Waals surface area contributed by atoms with Gasteiger partial charge in [0.1, 0.15) is 11.3 Å². The van der Waals surface area contributed by atoms with Gasteiger partial charge in [0.15, 0.2) is 0 Å². The summed E-state index contributed by atoms with van der Waals surface area (Å²) < 4.78 is 5.25. The van der Waals surface area contributed by atoms with Crippen LogP contribution in [-0.2, 0) is 16.0 Å². The van der Waals surface area contributed by atoms with Gasteiger partial charge >= 0.3 is 6.09 Å². The van der Waals surface area contributed by atoms with Crippen molar-refractivity contribution in [3.63, 3.8) is 0 Å². The summed E-state index contributed by atoms with van der Waals surface area (Å²) in [5.41, 5.74) is 0.430. The summed E-state index contributed by atoms with van der Waals surface area (Å²) in [4.78, 5) is 41.2. The number of amides is 2. The number of nitrogens with one attached hydrogen (secondary N) is 2. The zero-order chi connectivity index (χ0) is 18.9.